The van der Waals surface area contributed by atoms with E-state index in [1.807, 2.05) is 6.92 Å². The molecule has 29 heavy (non-hydrogen) atoms. The van der Waals surface area contributed by atoms with Gasteiger partial charge in [-0.05, 0) is 39.8 Å². The summed E-state index contributed by atoms with van der Waals surface area (Å²) >= 11 is 0. The molecule has 0 spiro atoms. The second-order valence-corrected chi connectivity index (χ2v) is 9.69. The van der Waals surface area contributed by atoms with Crippen molar-refractivity contribution in [2.75, 3.05) is 13.2 Å². The fraction of sp³-hybridized carbons (Fsp3) is 0.684. The van der Waals surface area contributed by atoms with Gasteiger partial charge in [0.05, 0.1) is 11.5 Å². The van der Waals surface area contributed by atoms with Crippen LogP contribution in [0.3, 0.4) is 0 Å². The van der Waals surface area contributed by atoms with Gasteiger partial charge in [-0.1, -0.05) is 17.7 Å². The van der Waals surface area contributed by atoms with Gasteiger partial charge >= 0.3 is 0 Å². The molecule has 1 aromatic carbocycles. The Morgan fingerprint density at radius 1 is 1.14 bits per heavy atom. The lowest BCUT2D eigenvalue weighted by Crippen LogP contribution is -2.71. The summed E-state index contributed by atoms with van der Waals surface area (Å²) in [4.78, 5) is -0.00274. The molecule has 4 rings (SSSR count). The number of ether oxygens (including phenoxy) is 5. The molecule has 1 unspecified atom stereocenters. The monoisotopic (exact) mass is 430 g/mol. The molecule has 3 aliphatic rings. The number of rotatable bonds is 4. The van der Waals surface area contributed by atoms with Crippen LogP contribution in [0.25, 0.3) is 0 Å². The van der Waals surface area contributed by atoms with Gasteiger partial charge in [0.15, 0.2) is 18.4 Å². The Kier molecular flexibility index (Phi) is 5.28. The van der Waals surface area contributed by atoms with Crippen molar-refractivity contribution >= 4 is 10.1 Å². The molecule has 0 bridgehead atoms. The van der Waals surface area contributed by atoms with E-state index in [2.05, 4.69) is 0 Å². The van der Waals surface area contributed by atoms with Crippen molar-refractivity contribution in [3.05, 3.63) is 29.8 Å². The van der Waals surface area contributed by atoms with Crippen LogP contribution >= 0.6 is 0 Å². The summed E-state index contributed by atoms with van der Waals surface area (Å²) in [5, 5.41) is 11.6. The first-order chi connectivity index (χ1) is 13.5. The maximum absolute atomic E-state index is 12.7. The zero-order chi connectivity index (χ0) is 21.0. The van der Waals surface area contributed by atoms with Crippen molar-refractivity contribution in [2.45, 2.75) is 74.9 Å². The molecule has 3 heterocycles. The molecule has 3 saturated heterocycles. The fourth-order valence-electron chi connectivity index (χ4n) is 3.81. The third kappa shape index (κ3) is 3.96. The molecular formula is C19H26O9S. The lowest BCUT2D eigenvalue weighted by atomic mass is 9.84. The van der Waals surface area contributed by atoms with Crippen LogP contribution in [0.4, 0.5) is 0 Å². The molecule has 6 atom stereocenters. The summed E-state index contributed by atoms with van der Waals surface area (Å²) < 4.78 is 59.3. The van der Waals surface area contributed by atoms with Gasteiger partial charge in [-0.3, -0.25) is 4.18 Å². The van der Waals surface area contributed by atoms with Crippen molar-refractivity contribution in [1.29, 1.82) is 0 Å². The van der Waals surface area contributed by atoms with Gasteiger partial charge in [-0.15, -0.1) is 0 Å². The van der Waals surface area contributed by atoms with Crippen LogP contribution in [0.2, 0.25) is 0 Å². The van der Waals surface area contributed by atoms with Gasteiger partial charge in [0.25, 0.3) is 10.1 Å². The zero-order valence-corrected chi connectivity index (χ0v) is 17.5. The predicted octanol–water partition coefficient (Wildman–Crippen LogP) is 1.07. The van der Waals surface area contributed by atoms with Gasteiger partial charge < -0.3 is 28.8 Å². The van der Waals surface area contributed by atoms with Gasteiger partial charge in [0.1, 0.15) is 30.5 Å². The molecule has 0 aliphatic carbocycles. The van der Waals surface area contributed by atoms with Crippen LogP contribution in [-0.4, -0.2) is 69.0 Å². The summed E-state index contributed by atoms with van der Waals surface area (Å²) in [6.07, 6.45) is -4.11. The minimum Gasteiger partial charge on any atom is -0.382 e. The highest BCUT2D eigenvalue weighted by Gasteiger charge is 2.64. The van der Waals surface area contributed by atoms with E-state index in [0.717, 1.165) is 5.56 Å². The Balaban J connectivity index is 1.61. The molecule has 0 amide bonds. The minimum atomic E-state index is -4.11. The number of benzene rings is 1. The van der Waals surface area contributed by atoms with Gasteiger partial charge in [-0.25, -0.2) is 0 Å². The second-order valence-electron chi connectivity index (χ2n) is 8.08. The van der Waals surface area contributed by atoms with Gasteiger partial charge in [0, 0.05) is 0 Å². The maximum Gasteiger partial charge on any atom is 0.297 e. The van der Waals surface area contributed by atoms with Crippen LogP contribution in [0.5, 0.6) is 0 Å². The Morgan fingerprint density at radius 2 is 1.83 bits per heavy atom. The maximum atomic E-state index is 12.7. The largest absolute Gasteiger partial charge is 0.382 e. The Bertz CT molecular complexity index is 849. The van der Waals surface area contributed by atoms with E-state index < -0.39 is 59.0 Å². The van der Waals surface area contributed by atoms with E-state index in [1.54, 1.807) is 32.9 Å². The molecule has 1 N–H and O–H groups in total. The van der Waals surface area contributed by atoms with Crippen molar-refractivity contribution in [3.63, 3.8) is 0 Å². The van der Waals surface area contributed by atoms with Crippen LogP contribution in [0.15, 0.2) is 29.2 Å². The first-order valence-corrected chi connectivity index (χ1v) is 10.9. The first kappa shape index (κ1) is 21.1. The lowest BCUT2D eigenvalue weighted by molar-refractivity contribution is -0.360. The SMILES string of the molecule is Cc1ccc(S(=O)(=O)OC[C@@]2(O)[C@@H]3OC(C)OC[C@H]3O[C@@H]3OC(C)(C)O[C@@H]32)cc1. The van der Waals surface area contributed by atoms with E-state index in [4.69, 9.17) is 27.9 Å². The number of hydrogen-bond acceptors (Lipinski definition) is 9. The van der Waals surface area contributed by atoms with Crippen molar-refractivity contribution in [1.82, 2.24) is 0 Å². The molecule has 3 fully saturated rings. The van der Waals surface area contributed by atoms with E-state index in [0.29, 0.717) is 0 Å². The number of aryl methyl sites for hydroxylation is 1. The molecule has 10 heteroatoms. The first-order valence-electron chi connectivity index (χ1n) is 9.47. The normalized spacial score (nSPS) is 39.0. The fourth-order valence-corrected chi connectivity index (χ4v) is 4.76. The topological polar surface area (TPSA) is 110 Å². The molecular weight excluding hydrogens is 404 g/mol. The Labute approximate surface area is 169 Å². The summed E-state index contributed by atoms with van der Waals surface area (Å²) in [7, 11) is -4.11. The van der Waals surface area contributed by atoms with Crippen molar-refractivity contribution in [3.8, 4) is 0 Å². The summed E-state index contributed by atoms with van der Waals surface area (Å²) in [5.41, 5.74) is -0.919. The molecule has 162 valence electrons. The van der Waals surface area contributed by atoms with Crippen LogP contribution in [-0.2, 0) is 38.0 Å². The summed E-state index contributed by atoms with van der Waals surface area (Å²) in [5.74, 6) is -1.03. The van der Waals surface area contributed by atoms with Gasteiger partial charge in [0.2, 0.25) is 0 Å². The highest BCUT2D eigenvalue weighted by atomic mass is 32.2. The van der Waals surface area contributed by atoms with Crippen LogP contribution < -0.4 is 0 Å². The summed E-state index contributed by atoms with van der Waals surface area (Å²) in [6.45, 7) is 6.48. The predicted molar refractivity (Wildman–Crippen MR) is 98.3 cm³/mol. The van der Waals surface area contributed by atoms with E-state index in [-0.39, 0.29) is 11.5 Å². The number of hydrogen-bond donors (Lipinski definition) is 1. The molecule has 0 radical (unpaired) electrons. The quantitative estimate of drug-likeness (QED) is 0.701. The average molecular weight is 430 g/mol. The third-order valence-corrected chi connectivity index (χ3v) is 6.56. The van der Waals surface area contributed by atoms with Gasteiger partial charge in [-0.2, -0.15) is 8.42 Å². The smallest absolute Gasteiger partial charge is 0.297 e. The second kappa shape index (κ2) is 7.24. The van der Waals surface area contributed by atoms with Crippen molar-refractivity contribution in [2.24, 2.45) is 0 Å². The minimum absolute atomic E-state index is 0.00274. The van der Waals surface area contributed by atoms with Crippen molar-refractivity contribution < 1.29 is 41.4 Å². The molecule has 0 aromatic heterocycles. The molecule has 3 aliphatic heterocycles. The molecule has 9 nitrogen and oxygen atoms in total. The third-order valence-electron chi connectivity index (χ3n) is 5.28. The van der Waals surface area contributed by atoms with Crippen LogP contribution in [0.1, 0.15) is 26.3 Å². The molecule has 0 saturated carbocycles. The zero-order valence-electron chi connectivity index (χ0n) is 16.7. The highest BCUT2D eigenvalue weighted by Crippen LogP contribution is 2.44. The standard InChI is InChI=1S/C19H26O9S/c1-11-5-7-13(8-6-11)29(21,22)24-10-19(20)15-14(9-23-12(2)25-15)26-17-16(19)27-18(3,4)28-17/h5-8,12,14-17,20H,9-10H2,1-4H3/t12?,14-,15-,16+,17-,19-/m1/s1. The Hall–Kier alpha value is -1.11. The average Bonchev–Trinajstić information content (AvgIpc) is 2.96. The highest BCUT2D eigenvalue weighted by molar-refractivity contribution is 7.86. The van der Waals surface area contributed by atoms with E-state index in [9.17, 15) is 13.5 Å². The lowest BCUT2D eigenvalue weighted by Gasteiger charge is -2.50. The van der Waals surface area contributed by atoms with Crippen LogP contribution in [0, 0.1) is 6.92 Å². The number of fused-ring (bicyclic) bond motifs is 2. The molecule has 1 aromatic rings. The van der Waals surface area contributed by atoms with E-state index >= 15 is 0 Å². The summed E-state index contributed by atoms with van der Waals surface area (Å²) in [6, 6.07) is 6.25. The Morgan fingerprint density at radius 3 is 2.52 bits per heavy atom. The number of aliphatic hydroxyl groups is 1. The van der Waals surface area contributed by atoms with E-state index in [1.165, 1.54) is 12.1 Å².